The average Bonchev–Trinajstić information content (AvgIpc) is 2.97. The molecule has 1 N–H and O–H groups in total. The van der Waals surface area contributed by atoms with Crippen LogP contribution in [0.4, 0.5) is 0 Å². The van der Waals surface area contributed by atoms with E-state index in [1.54, 1.807) is 4.90 Å². The number of carbonyl (C=O) groups is 2. The van der Waals surface area contributed by atoms with Crippen LogP contribution in [0.5, 0.6) is 0 Å². The molecule has 0 aromatic rings. The van der Waals surface area contributed by atoms with Crippen molar-refractivity contribution in [2.24, 2.45) is 11.8 Å². The second-order valence-electron chi connectivity index (χ2n) is 8.12. The number of nitrogens with zero attached hydrogens (tertiary/aromatic N) is 1. The van der Waals surface area contributed by atoms with Crippen molar-refractivity contribution >= 4 is 11.8 Å². The fourth-order valence-corrected chi connectivity index (χ4v) is 5.35. The van der Waals surface area contributed by atoms with Gasteiger partial charge in [-0.2, -0.15) is 0 Å². The highest BCUT2D eigenvalue weighted by molar-refractivity contribution is 6.04. The van der Waals surface area contributed by atoms with Gasteiger partial charge in [0.05, 0.1) is 19.1 Å². The minimum Gasteiger partial charge on any atom is -0.370 e. The van der Waals surface area contributed by atoms with Crippen molar-refractivity contribution < 1.29 is 19.2 Å². The molecule has 0 radical (unpaired) electrons. The van der Waals surface area contributed by atoms with Gasteiger partial charge in [0.2, 0.25) is 11.8 Å². The van der Waals surface area contributed by atoms with E-state index in [0.29, 0.717) is 6.42 Å². The molecule has 2 atom stereocenters. The van der Waals surface area contributed by atoms with Crippen LogP contribution in [0.2, 0.25) is 0 Å². The van der Waals surface area contributed by atoms with Crippen LogP contribution in [0, 0.1) is 11.8 Å². The van der Waals surface area contributed by atoms with Crippen LogP contribution in [-0.2, 0) is 14.3 Å². The van der Waals surface area contributed by atoms with Crippen molar-refractivity contribution in [1.29, 1.82) is 0 Å². The third-order valence-electron chi connectivity index (χ3n) is 6.63. The van der Waals surface area contributed by atoms with Gasteiger partial charge in [-0.05, 0) is 38.2 Å². The molecule has 4 rings (SSSR count). The molecule has 5 heteroatoms. The van der Waals surface area contributed by atoms with Crippen LogP contribution in [0.25, 0.3) is 0 Å². The molecule has 2 heterocycles. The smallest absolute Gasteiger partial charge is 0.233 e. The Bertz CT molecular complexity index is 547. The highest BCUT2D eigenvalue weighted by Gasteiger charge is 2.48. The van der Waals surface area contributed by atoms with Gasteiger partial charge in [-0.25, -0.2) is 0 Å². The molecule has 0 aromatic carbocycles. The number of morpholine rings is 1. The standard InChI is InChI=1S/C20H30N2O3/c23-19-14-17(20(24)22(19)15-6-2-1-3-7-15)16-8-4-5-9-18(16)21-10-12-25-13-11-21/h9,15-17H,1-8,10-14H2/p+1/t16-,17+/m1/s1. The predicted molar refractivity (Wildman–Crippen MR) is 93.8 cm³/mol. The first-order valence-corrected chi connectivity index (χ1v) is 10.2. The Kier molecular flexibility index (Phi) is 5.23. The monoisotopic (exact) mass is 347 g/mol. The van der Waals surface area contributed by atoms with E-state index >= 15 is 0 Å². The first kappa shape index (κ1) is 17.2. The number of rotatable bonds is 3. The minimum absolute atomic E-state index is 0.0869. The normalized spacial score (nSPS) is 33.0. The molecule has 0 aromatic heterocycles. The van der Waals surface area contributed by atoms with Crippen LogP contribution in [-0.4, -0.2) is 49.1 Å². The Balaban J connectivity index is 1.51. The van der Waals surface area contributed by atoms with Gasteiger partial charge in [-0.15, -0.1) is 0 Å². The van der Waals surface area contributed by atoms with Crippen molar-refractivity contribution in [2.75, 3.05) is 26.3 Å². The Labute approximate surface area is 150 Å². The van der Waals surface area contributed by atoms with E-state index in [1.807, 2.05) is 0 Å². The molecule has 1 saturated carbocycles. The lowest BCUT2D eigenvalue weighted by Crippen LogP contribution is -3.13. The molecule has 0 unspecified atom stereocenters. The topological polar surface area (TPSA) is 51.1 Å². The highest BCUT2D eigenvalue weighted by Crippen LogP contribution is 2.38. The summed E-state index contributed by atoms with van der Waals surface area (Å²) < 4.78 is 5.51. The zero-order valence-corrected chi connectivity index (χ0v) is 15.2. The number of carbonyl (C=O) groups excluding carboxylic acids is 2. The number of quaternary nitrogens is 1. The molecule has 2 saturated heterocycles. The molecule has 25 heavy (non-hydrogen) atoms. The Hall–Kier alpha value is -1.20. The van der Waals surface area contributed by atoms with E-state index in [-0.39, 0.29) is 29.7 Å². The van der Waals surface area contributed by atoms with E-state index in [9.17, 15) is 9.59 Å². The van der Waals surface area contributed by atoms with Gasteiger partial charge in [-0.3, -0.25) is 14.5 Å². The number of allylic oxidation sites excluding steroid dienone is 2. The van der Waals surface area contributed by atoms with E-state index in [4.69, 9.17) is 4.74 Å². The number of ether oxygens (including phenoxy) is 1. The van der Waals surface area contributed by atoms with Gasteiger partial charge >= 0.3 is 0 Å². The molecular formula is C20H31N2O3+. The first-order chi connectivity index (χ1) is 12.3. The van der Waals surface area contributed by atoms with E-state index in [2.05, 4.69) is 6.08 Å². The third kappa shape index (κ3) is 3.41. The lowest BCUT2D eigenvalue weighted by Gasteiger charge is -2.35. The van der Waals surface area contributed by atoms with Gasteiger partial charge in [-0.1, -0.05) is 19.3 Å². The van der Waals surface area contributed by atoms with Crippen LogP contribution in [0.15, 0.2) is 11.8 Å². The van der Waals surface area contributed by atoms with E-state index in [1.165, 1.54) is 17.0 Å². The largest absolute Gasteiger partial charge is 0.370 e. The maximum absolute atomic E-state index is 13.2. The number of hydrogen-bond acceptors (Lipinski definition) is 3. The fraction of sp³-hybridized carbons (Fsp3) is 0.800. The van der Waals surface area contributed by atoms with Crippen LogP contribution in [0.3, 0.4) is 0 Å². The molecule has 4 aliphatic rings. The summed E-state index contributed by atoms with van der Waals surface area (Å²) in [4.78, 5) is 29.0. The van der Waals surface area contributed by atoms with E-state index < -0.39 is 0 Å². The second kappa shape index (κ2) is 7.58. The second-order valence-corrected chi connectivity index (χ2v) is 8.12. The predicted octanol–water partition coefficient (Wildman–Crippen LogP) is 1.29. The SMILES string of the molecule is O=C1C[C@@H]([C@H]2CCCC=C2[NH+]2CCOCC2)C(=O)N1C1CCCCC1. The van der Waals surface area contributed by atoms with Crippen LogP contribution >= 0.6 is 0 Å². The molecule has 2 aliphatic carbocycles. The molecule has 5 nitrogen and oxygen atoms in total. The maximum atomic E-state index is 13.2. The number of amides is 2. The highest BCUT2D eigenvalue weighted by atomic mass is 16.5. The molecular weight excluding hydrogens is 316 g/mol. The van der Waals surface area contributed by atoms with Gasteiger partial charge in [0.25, 0.3) is 0 Å². The van der Waals surface area contributed by atoms with Crippen LogP contribution in [0.1, 0.15) is 57.8 Å². The van der Waals surface area contributed by atoms with Crippen molar-refractivity contribution in [3.8, 4) is 0 Å². The summed E-state index contributed by atoms with van der Waals surface area (Å²) in [5.74, 6) is 0.356. The summed E-state index contributed by atoms with van der Waals surface area (Å²) in [6, 6.07) is 0.172. The van der Waals surface area contributed by atoms with Crippen molar-refractivity contribution in [3.05, 3.63) is 11.8 Å². The maximum Gasteiger partial charge on any atom is 0.233 e. The molecule has 3 fully saturated rings. The lowest BCUT2D eigenvalue weighted by molar-refractivity contribution is -0.874. The quantitative estimate of drug-likeness (QED) is 0.783. The molecule has 138 valence electrons. The minimum atomic E-state index is -0.115. The van der Waals surface area contributed by atoms with Crippen molar-refractivity contribution in [3.63, 3.8) is 0 Å². The van der Waals surface area contributed by atoms with Gasteiger partial charge in [0.1, 0.15) is 18.8 Å². The fourth-order valence-electron chi connectivity index (χ4n) is 5.35. The summed E-state index contributed by atoms with van der Waals surface area (Å²) in [7, 11) is 0. The molecule has 2 aliphatic heterocycles. The Morgan fingerprint density at radius 3 is 2.48 bits per heavy atom. The summed E-state index contributed by atoms with van der Waals surface area (Å²) in [6.45, 7) is 3.57. The van der Waals surface area contributed by atoms with E-state index in [0.717, 1.165) is 71.2 Å². The van der Waals surface area contributed by atoms with Crippen molar-refractivity contribution in [1.82, 2.24) is 4.90 Å². The Morgan fingerprint density at radius 1 is 0.960 bits per heavy atom. The average molecular weight is 347 g/mol. The van der Waals surface area contributed by atoms with Crippen LogP contribution < -0.4 is 4.90 Å². The van der Waals surface area contributed by atoms with Gasteiger partial charge in [0, 0.05) is 18.4 Å². The zero-order valence-electron chi connectivity index (χ0n) is 15.2. The molecule has 0 bridgehead atoms. The summed E-state index contributed by atoms with van der Waals surface area (Å²) in [5.41, 5.74) is 1.39. The summed E-state index contributed by atoms with van der Waals surface area (Å²) in [6.07, 6.45) is 11.6. The van der Waals surface area contributed by atoms with Crippen molar-refractivity contribution in [2.45, 2.75) is 63.8 Å². The molecule has 2 amide bonds. The first-order valence-electron chi connectivity index (χ1n) is 10.2. The number of nitrogens with one attached hydrogen (secondary N) is 1. The number of imide groups is 1. The summed E-state index contributed by atoms with van der Waals surface area (Å²) >= 11 is 0. The zero-order chi connectivity index (χ0) is 17.2. The van der Waals surface area contributed by atoms with Gasteiger partial charge < -0.3 is 9.64 Å². The lowest BCUT2D eigenvalue weighted by atomic mass is 9.80. The third-order valence-corrected chi connectivity index (χ3v) is 6.63. The Morgan fingerprint density at radius 2 is 1.72 bits per heavy atom. The van der Waals surface area contributed by atoms with Gasteiger partial charge in [0.15, 0.2) is 0 Å². The summed E-state index contributed by atoms with van der Waals surface area (Å²) in [5, 5.41) is 0. The molecule has 0 spiro atoms. The number of likely N-dealkylation sites (tertiary alicyclic amines) is 1. The number of hydrogen-bond donors (Lipinski definition) is 1.